The number of nitrogens with one attached hydrogen (secondary N) is 1. The van der Waals surface area contributed by atoms with Gasteiger partial charge in [-0.1, -0.05) is 6.07 Å². The lowest BCUT2D eigenvalue weighted by Crippen LogP contribution is -2.42. The van der Waals surface area contributed by atoms with E-state index in [-0.39, 0.29) is 30.2 Å². The van der Waals surface area contributed by atoms with Gasteiger partial charge in [-0.25, -0.2) is 13.6 Å². The Labute approximate surface area is 157 Å². The maximum Gasteiger partial charge on any atom is 0.325 e. The van der Waals surface area contributed by atoms with Gasteiger partial charge in [0.25, 0.3) is 11.6 Å². The van der Waals surface area contributed by atoms with Crippen molar-refractivity contribution in [2.24, 2.45) is 0 Å². The summed E-state index contributed by atoms with van der Waals surface area (Å²) in [5, 5.41) is 13.1. The normalized spacial score (nSPS) is 18.9. The number of non-ortho nitro benzene ring substituents is 1. The van der Waals surface area contributed by atoms with Crippen LogP contribution in [-0.4, -0.2) is 34.9 Å². The fourth-order valence-electron chi connectivity index (χ4n) is 2.90. The molecule has 1 unspecified atom stereocenters. The third-order valence-electron chi connectivity index (χ3n) is 4.35. The number of hydrogen-bond acceptors (Lipinski definition) is 5. The van der Waals surface area contributed by atoms with Crippen LogP contribution in [-0.2, 0) is 10.3 Å². The second kappa shape index (κ2) is 7.22. The number of benzene rings is 2. The summed E-state index contributed by atoms with van der Waals surface area (Å²) in [7, 11) is 0. The lowest BCUT2D eigenvalue weighted by atomic mass is 9.91. The van der Waals surface area contributed by atoms with Crippen molar-refractivity contribution in [2.45, 2.75) is 12.5 Å². The molecule has 1 aliphatic heterocycles. The first-order valence-electron chi connectivity index (χ1n) is 8.19. The zero-order valence-corrected chi connectivity index (χ0v) is 14.6. The van der Waals surface area contributed by atoms with E-state index >= 15 is 0 Å². The van der Waals surface area contributed by atoms with Gasteiger partial charge in [-0.3, -0.25) is 19.8 Å². The van der Waals surface area contributed by atoms with Gasteiger partial charge in [-0.2, -0.15) is 0 Å². The number of nitro benzene ring substituents is 1. The van der Waals surface area contributed by atoms with Crippen molar-refractivity contribution in [1.82, 2.24) is 10.2 Å². The number of hydrogen-bond donors (Lipinski definition) is 1. The molecule has 2 aromatic rings. The Morgan fingerprint density at radius 3 is 2.68 bits per heavy atom. The molecule has 3 rings (SSSR count). The standard InChI is InChI=1S/C18H15F2N3O5/c1-18(14-9-11(19)5-6-15(14)20)16(24)22(17(25)21-18)7-8-28-13-4-2-3-12(10-13)23(26)27/h2-6,9-10H,7-8H2,1H3,(H,21,25). The summed E-state index contributed by atoms with van der Waals surface area (Å²) >= 11 is 0. The van der Waals surface area contributed by atoms with Crippen molar-refractivity contribution in [3.63, 3.8) is 0 Å². The Balaban J connectivity index is 1.71. The van der Waals surface area contributed by atoms with Crippen LogP contribution in [0.1, 0.15) is 12.5 Å². The molecule has 1 N–H and O–H groups in total. The Morgan fingerprint density at radius 1 is 1.21 bits per heavy atom. The molecule has 146 valence electrons. The zero-order chi connectivity index (χ0) is 20.5. The topological polar surface area (TPSA) is 102 Å². The molecule has 0 saturated carbocycles. The molecular formula is C18H15F2N3O5. The van der Waals surface area contributed by atoms with Crippen molar-refractivity contribution in [3.05, 3.63) is 69.8 Å². The molecule has 0 radical (unpaired) electrons. The summed E-state index contributed by atoms with van der Waals surface area (Å²) in [4.78, 5) is 35.9. The second-order valence-electron chi connectivity index (χ2n) is 6.24. The molecule has 1 heterocycles. The van der Waals surface area contributed by atoms with Crippen molar-refractivity contribution in [1.29, 1.82) is 0 Å². The van der Waals surface area contributed by atoms with E-state index in [2.05, 4.69) is 5.32 Å². The van der Waals surface area contributed by atoms with E-state index in [1.807, 2.05) is 0 Å². The van der Waals surface area contributed by atoms with E-state index in [0.29, 0.717) is 0 Å². The Bertz CT molecular complexity index is 968. The van der Waals surface area contributed by atoms with Crippen molar-refractivity contribution in [2.75, 3.05) is 13.2 Å². The summed E-state index contributed by atoms with van der Waals surface area (Å²) in [6.45, 7) is 0.967. The molecule has 0 aliphatic carbocycles. The Hall–Kier alpha value is -3.56. The summed E-state index contributed by atoms with van der Waals surface area (Å²) < 4.78 is 33.0. The van der Waals surface area contributed by atoms with Crippen LogP contribution in [0, 0.1) is 21.7 Å². The van der Waals surface area contributed by atoms with Gasteiger partial charge in [0.1, 0.15) is 29.5 Å². The molecule has 1 aliphatic rings. The summed E-state index contributed by atoms with van der Waals surface area (Å²) in [6, 6.07) is 7.30. The highest BCUT2D eigenvalue weighted by Crippen LogP contribution is 2.31. The van der Waals surface area contributed by atoms with Crippen LogP contribution >= 0.6 is 0 Å². The SMILES string of the molecule is CC1(c2cc(F)ccc2F)NC(=O)N(CCOc2cccc([N+](=O)[O-])c2)C1=O. The number of carbonyl (C=O) groups is 2. The van der Waals surface area contributed by atoms with E-state index in [0.717, 1.165) is 23.1 Å². The minimum absolute atomic E-state index is 0.137. The number of nitro groups is 1. The van der Waals surface area contributed by atoms with Gasteiger partial charge in [0.15, 0.2) is 0 Å². The van der Waals surface area contributed by atoms with Gasteiger partial charge in [-0.05, 0) is 31.2 Å². The summed E-state index contributed by atoms with van der Waals surface area (Å²) in [5.41, 5.74) is -2.20. The highest BCUT2D eigenvalue weighted by molar-refractivity contribution is 6.07. The van der Waals surface area contributed by atoms with Gasteiger partial charge in [0.05, 0.1) is 17.5 Å². The van der Waals surface area contributed by atoms with Crippen LogP contribution in [0.5, 0.6) is 5.75 Å². The molecule has 10 heteroatoms. The van der Waals surface area contributed by atoms with Crippen LogP contribution in [0.25, 0.3) is 0 Å². The first-order chi connectivity index (χ1) is 13.2. The maximum absolute atomic E-state index is 14.1. The number of carbonyl (C=O) groups excluding carboxylic acids is 2. The van der Waals surface area contributed by atoms with Crippen molar-refractivity contribution < 1.29 is 28.0 Å². The number of imide groups is 1. The number of urea groups is 1. The molecule has 1 saturated heterocycles. The number of rotatable bonds is 6. The average molecular weight is 391 g/mol. The summed E-state index contributed by atoms with van der Waals surface area (Å²) in [5.74, 6) is -2.13. The lowest BCUT2D eigenvalue weighted by Gasteiger charge is -2.22. The summed E-state index contributed by atoms with van der Waals surface area (Å²) in [6.07, 6.45) is 0. The second-order valence-corrected chi connectivity index (χ2v) is 6.24. The van der Waals surface area contributed by atoms with Crippen molar-refractivity contribution >= 4 is 17.6 Å². The molecule has 0 spiro atoms. The number of ether oxygens (including phenoxy) is 1. The molecule has 8 nitrogen and oxygen atoms in total. The molecule has 28 heavy (non-hydrogen) atoms. The molecule has 1 atom stereocenters. The van der Waals surface area contributed by atoms with Crippen LogP contribution in [0.4, 0.5) is 19.3 Å². The van der Waals surface area contributed by atoms with E-state index in [9.17, 15) is 28.5 Å². The predicted octanol–water partition coefficient (Wildman–Crippen LogP) is 2.72. The third kappa shape index (κ3) is 3.48. The fraction of sp³-hybridized carbons (Fsp3) is 0.222. The first kappa shape index (κ1) is 19.2. The number of amides is 3. The molecule has 0 bridgehead atoms. The molecule has 0 aromatic heterocycles. The van der Waals surface area contributed by atoms with E-state index < -0.39 is 34.0 Å². The van der Waals surface area contributed by atoms with Gasteiger partial charge in [0.2, 0.25) is 0 Å². The predicted molar refractivity (Wildman–Crippen MR) is 92.5 cm³/mol. The average Bonchev–Trinajstić information content (AvgIpc) is 2.87. The zero-order valence-electron chi connectivity index (χ0n) is 14.6. The largest absolute Gasteiger partial charge is 0.491 e. The lowest BCUT2D eigenvalue weighted by molar-refractivity contribution is -0.384. The molecular weight excluding hydrogens is 376 g/mol. The van der Waals surface area contributed by atoms with Crippen molar-refractivity contribution in [3.8, 4) is 5.75 Å². The first-order valence-corrected chi connectivity index (χ1v) is 8.19. The van der Waals surface area contributed by atoms with Crippen LogP contribution in [0.2, 0.25) is 0 Å². The molecule has 1 fully saturated rings. The highest BCUT2D eigenvalue weighted by Gasteiger charge is 2.50. The van der Waals surface area contributed by atoms with Crippen LogP contribution < -0.4 is 10.1 Å². The van der Waals surface area contributed by atoms with E-state index in [1.54, 1.807) is 0 Å². The van der Waals surface area contributed by atoms with Gasteiger partial charge in [-0.15, -0.1) is 0 Å². The smallest absolute Gasteiger partial charge is 0.325 e. The van der Waals surface area contributed by atoms with Crippen LogP contribution in [0.15, 0.2) is 42.5 Å². The van der Waals surface area contributed by atoms with Gasteiger partial charge >= 0.3 is 6.03 Å². The van der Waals surface area contributed by atoms with E-state index in [1.165, 1.54) is 31.2 Å². The monoisotopic (exact) mass is 391 g/mol. The van der Waals surface area contributed by atoms with Gasteiger partial charge in [0, 0.05) is 11.6 Å². The number of nitrogens with zero attached hydrogens (tertiary/aromatic N) is 2. The molecule has 3 amide bonds. The van der Waals surface area contributed by atoms with Gasteiger partial charge < -0.3 is 10.1 Å². The quantitative estimate of drug-likeness (QED) is 0.463. The fourth-order valence-corrected chi connectivity index (χ4v) is 2.90. The maximum atomic E-state index is 14.1. The third-order valence-corrected chi connectivity index (χ3v) is 4.35. The minimum Gasteiger partial charge on any atom is -0.491 e. The van der Waals surface area contributed by atoms with E-state index in [4.69, 9.17) is 4.74 Å². The minimum atomic E-state index is -1.76. The molecule has 2 aromatic carbocycles. The highest BCUT2D eigenvalue weighted by atomic mass is 19.1. The Morgan fingerprint density at radius 2 is 1.96 bits per heavy atom. The van der Waals surface area contributed by atoms with Crippen LogP contribution in [0.3, 0.4) is 0 Å². The number of halogens is 2. The Kier molecular flexibility index (Phi) is 4.95.